The summed E-state index contributed by atoms with van der Waals surface area (Å²) in [6.45, 7) is 6.49. The third-order valence-corrected chi connectivity index (χ3v) is 4.31. The smallest absolute Gasteiger partial charge is 0.250 e. The summed E-state index contributed by atoms with van der Waals surface area (Å²) in [6.07, 6.45) is 9.20. The maximum Gasteiger partial charge on any atom is 0.250 e. The molecule has 0 radical (unpaired) electrons. The van der Waals surface area contributed by atoms with Crippen LogP contribution in [0.1, 0.15) is 49.0 Å². The van der Waals surface area contributed by atoms with Crippen LogP contribution in [0.5, 0.6) is 17.4 Å². The van der Waals surface area contributed by atoms with Gasteiger partial charge in [-0.25, -0.2) is 4.98 Å². The Bertz CT molecular complexity index is 804. The second-order valence-corrected chi connectivity index (χ2v) is 6.83. The zero-order valence-electron chi connectivity index (χ0n) is 17.6. The Morgan fingerprint density at radius 2 is 2.00 bits per heavy atom. The number of primary amides is 1. The predicted octanol–water partition coefficient (Wildman–Crippen LogP) is 4.55. The molecule has 0 unspecified atom stereocenters. The van der Waals surface area contributed by atoms with Gasteiger partial charge in [0.25, 0.3) is 0 Å². The maximum absolute atomic E-state index is 11.2. The van der Waals surface area contributed by atoms with Crippen LogP contribution in [0, 0.1) is 0 Å². The van der Waals surface area contributed by atoms with E-state index in [4.69, 9.17) is 15.2 Å². The molecule has 0 bridgehead atoms. The van der Waals surface area contributed by atoms with E-state index < -0.39 is 5.91 Å². The molecule has 1 aromatic heterocycles. The van der Waals surface area contributed by atoms with Crippen LogP contribution < -0.4 is 15.2 Å². The number of allylic oxidation sites excluding steroid dienone is 2. The van der Waals surface area contributed by atoms with Crippen molar-refractivity contribution in [3.05, 3.63) is 59.8 Å². The second kappa shape index (κ2) is 11.9. The summed E-state index contributed by atoms with van der Waals surface area (Å²) in [4.78, 5) is 17.6. The topological polar surface area (TPSA) is 77.7 Å². The van der Waals surface area contributed by atoms with Gasteiger partial charge in [0, 0.05) is 18.8 Å². The Labute approximate surface area is 173 Å². The molecule has 1 aromatic carbocycles. The summed E-state index contributed by atoms with van der Waals surface area (Å²) in [5, 5.41) is 0. The fourth-order valence-electron chi connectivity index (χ4n) is 2.86. The first-order valence-electron chi connectivity index (χ1n) is 10.1. The lowest BCUT2D eigenvalue weighted by Crippen LogP contribution is -2.19. The molecule has 0 atom stereocenters. The molecule has 0 aliphatic rings. The van der Waals surface area contributed by atoms with Gasteiger partial charge in [0.05, 0.1) is 12.2 Å². The largest absolute Gasteiger partial charge is 0.490 e. The summed E-state index contributed by atoms with van der Waals surface area (Å²) in [5.74, 6) is 1.11. The maximum atomic E-state index is 11.2. The predicted molar refractivity (Wildman–Crippen MR) is 115 cm³/mol. The number of aromatic nitrogens is 1. The summed E-state index contributed by atoms with van der Waals surface area (Å²) in [5.41, 5.74) is 6.74. The minimum Gasteiger partial charge on any atom is -0.490 e. The van der Waals surface area contributed by atoms with E-state index in [0.29, 0.717) is 29.5 Å². The van der Waals surface area contributed by atoms with Crippen LogP contribution in [0.15, 0.2) is 48.7 Å². The molecule has 6 nitrogen and oxygen atoms in total. The van der Waals surface area contributed by atoms with Crippen LogP contribution in [-0.2, 0) is 6.54 Å². The highest BCUT2D eigenvalue weighted by atomic mass is 16.5. The first-order chi connectivity index (χ1) is 14.0. The van der Waals surface area contributed by atoms with E-state index in [-0.39, 0.29) is 0 Å². The molecule has 156 valence electrons. The van der Waals surface area contributed by atoms with E-state index >= 15 is 0 Å². The van der Waals surface area contributed by atoms with Crippen LogP contribution in [0.3, 0.4) is 0 Å². The monoisotopic (exact) mass is 397 g/mol. The Hall–Kier alpha value is -2.86. The standard InChI is InChI=1S/C23H31N3O3/c1-4-6-7-8-9-14-26(3)17-18-10-12-20(21(15-18)28-5-2)29-22-13-11-19(16-25-22)23(24)27/h6-7,10-13,15-16H,4-5,8-9,14,17H2,1-3H3,(H2,24,27)/b7-6+. The number of hydrogen-bond acceptors (Lipinski definition) is 5. The average molecular weight is 398 g/mol. The van der Waals surface area contributed by atoms with Gasteiger partial charge in [0.2, 0.25) is 11.8 Å². The molecule has 0 saturated heterocycles. The Kier molecular flexibility index (Phi) is 9.18. The Morgan fingerprint density at radius 3 is 2.66 bits per heavy atom. The minimum absolute atomic E-state index is 0.339. The number of rotatable bonds is 12. The van der Waals surface area contributed by atoms with Crippen molar-refractivity contribution in [2.45, 2.75) is 39.7 Å². The van der Waals surface area contributed by atoms with Crippen molar-refractivity contribution < 1.29 is 14.3 Å². The van der Waals surface area contributed by atoms with Gasteiger partial charge in [-0.2, -0.15) is 0 Å². The van der Waals surface area contributed by atoms with E-state index in [1.54, 1.807) is 12.1 Å². The third kappa shape index (κ3) is 7.58. The molecule has 0 aliphatic carbocycles. The van der Waals surface area contributed by atoms with E-state index in [1.165, 1.54) is 6.20 Å². The normalized spacial score (nSPS) is 11.2. The highest BCUT2D eigenvalue weighted by Crippen LogP contribution is 2.32. The van der Waals surface area contributed by atoms with Gasteiger partial charge in [0.15, 0.2) is 11.5 Å². The fourth-order valence-corrected chi connectivity index (χ4v) is 2.86. The molecule has 29 heavy (non-hydrogen) atoms. The number of amides is 1. The van der Waals surface area contributed by atoms with Gasteiger partial charge in [-0.3, -0.25) is 4.79 Å². The lowest BCUT2D eigenvalue weighted by molar-refractivity contribution is 0.1000. The highest BCUT2D eigenvalue weighted by molar-refractivity contribution is 5.92. The van der Waals surface area contributed by atoms with E-state index in [0.717, 1.165) is 37.9 Å². The van der Waals surface area contributed by atoms with Gasteiger partial charge in [-0.1, -0.05) is 25.1 Å². The number of benzene rings is 1. The number of nitrogens with zero attached hydrogens (tertiary/aromatic N) is 2. The van der Waals surface area contributed by atoms with E-state index in [2.05, 4.69) is 36.0 Å². The van der Waals surface area contributed by atoms with Crippen molar-refractivity contribution >= 4 is 5.91 Å². The van der Waals surface area contributed by atoms with Gasteiger partial charge < -0.3 is 20.1 Å². The molecule has 0 aliphatic heterocycles. The quantitative estimate of drug-likeness (QED) is 0.420. The summed E-state index contributed by atoms with van der Waals surface area (Å²) < 4.78 is 11.6. The first kappa shape index (κ1) is 22.4. The second-order valence-electron chi connectivity index (χ2n) is 6.83. The molecule has 1 amide bonds. The van der Waals surface area contributed by atoms with Crippen LogP contribution in [0.25, 0.3) is 0 Å². The van der Waals surface area contributed by atoms with Crippen LogP contribution in [-0.4, -0.2) is 36.0 Å². The number of unbranched alkanes of at least 4 members (excludes halogenated alkanes) is 1. The van der Waals surface area contributed by atoms with Gasteiger partial charge >= 0.3 is 0 Å². The zero-order chi connectivity index (χ0) is 21.1. The van der Waals surface area contributed by atoms with Crippen molar-refractivity contribution in [3.63, 3.8) is 0 Å². The summed E-state index contributed by atoms with van der Waals surface area (Å²) >= 11 is 0. The third-order valence-electron chi connectivity index (χ3n) is 4.31. The summed E-state index contributed by atoms with van der Waals surface area (Å²) in [6, 6.07) is 9.13. The number of pyridine rings is 1. The van der Waals surface area contributed by atoms with Crippen molar-refractivity contribution in [1.29, 1.82) is 0 Å². The lowest BCUT2D eigenvalue weighted by atomic mass is 10.2. The lowest BCUT2D eigenvalue weighted by Gasteiger charge is -2.18. The number of nitrogens with two attached hydrogens (primary N) is 1. The highest BCUT2D eigenvalue weighted by Gasteiger charge is 2.10. The molecule has 2 aromatic rings. The van der Waals surface area contributed by atoms with Gasteiger partial charge in [-0.05, 0) is 63.5 Å². The van der Waals surface area contributed by atoms with E-state index in [9.17, 15) is 4.79 Å². The van der Waals surface area contributed by atoms with Crippen molar-refractivity contribution in [2.75, 3.05) is 20.2 Å². The van der Waals surface area contributed by atoms with Gasteiger partial charge in [-0.15, -0.1) is 0 Å². The Balaban J connectivity index is 2.01. The number of hydrogen-bond donors (Lipinski definition) is 1. The molecular weight excluding hydrogens is 366 g/mol. The zero-order valence-corrected chi connectivity index (χ0v) is 17.6. The molecule has 1 heterocycles. The van der Waals surface area contributed by atoms with Crippen molar-refractivity contribution in [2.24, 2.45) is 5.73 Å². The fraction of sp³-hybridized carbons (Fsp3) is 0.391. The van der Waals surface area contributed by atoms with E-state index in [1.807, 2.05) is 25.1 Å². The van der Waals surface area contributed by atoms with Crippen molar-refractivity contribution in [3.8, 4) is 17.4 Å². The summed E-state index contributed by atoms with van der Waals surface area (Å²) in [7, 11) is 2.12. The SMILES string of the molecule is CC/C=C/CCCN(C)Cc1ccc(Oc2ccc(C(N)=O)cn2)c(OCC)c1. The number of ether oxygens (including phenoxy) is 2. The molecule has 2 N–H and O–H groups in total. The molecule has 2 rings (SSSR count). The first-order valence-corrected chi connectivity index (χ1v) is 10.1. The number of carbonyl (C=O) groups is 1. The molecular formula is C23H31N3O3. The molecule has 0 fully saturated rings. The van der Waals surface area contributed by atoms with Crippen molar-refractivity contribution in [1.82, 2.24) is 9.88 Å². The van der Waals surface area contributed by atoms with Crippen LogP contribution in [0.2, 0.25) is 0 Å². The van der Waals surface area contributed by atoms with Crippen LogP contribution in [0.4, 0.5) is 0 Å². The minimum atomic E-state index is -0.520. The van der Waals surface area contributed by atoms with Crippen LogP contribution >= 0.6 is 0 Å². The molecule has 6 heteroatoms. The average Bonchev–Trinajstić information content (AvgIpc) is 2.70. The number of carbonyl (C=O) groups excluding carboxylic acids is 1. The van der Waals surface area contributed by atoms with Gasteiger partial charge in [0.1, 0.15) is 0 Å². The molecule has 0 saturated carbocycles. The Morgan fingerprint density at radius 1 is 1.17 bits per heavy atom. The molecule has 0 spiro atoms.